The number of carbonyl (C=O) groups is 1. The van der Waals surface area contributed by atoms with Crippen LogP contribution < -0.4 is 4.74 Å². The molecule has 0 aliphatic carbocycles. The second-order valence-corrected chi connectivity index (χ2v) is 3.33. The van der Waals surface area contributed by atoms with Crippen molar-refractivity contribution in [1.29, 1.82) is 0 Å². The van der Waals surface area contributed by atoms with Crippen molar-refractivity contribution in [1.82, 2.24) is 0 Å². The van der Waals surface area contributed by atoms with Gasteiger partial charge in [-0.2, -0.15) is 0 Å². The molecule has 0 radical (unpaired) electrons. The molecule has 0 spiro atoms. The van der Waals surface area contributed by atoms with Crippen LogP contribution >= 0.6 is 15.9 Å². The predicted molar refractivity (Wildman–Crippen MR) is 59.2 cm³/mol. The van der Waals surface area contributed by atoms with Gasteiger partial charge in [0.25, 0.3) is 5.69 Å². The molecule has 17 heavy (non-hydrogen) atoms. The van der Waals surface area contributed by atoms with E-state index in [2.05, 4.69) is 20.7 Å². The average molecular weight is 305 g/mol. The van der Waals surface area contributed by atoms with Gasteiger partial charge in [0.15, 0.2) is 0 Å². The van der Waals surface area contributed by atoms with Crippen LogP contribution in [-0.4, -0.2) is 21.1 Å². The molecular formula is C8H5BrN2O6. The summed E-state index contributed by atoms with van der Waals surface area (Å²) in [4.78, 5) is 30.4. The lowest BCUT2D eigenvalue weighted by Crippen LogP contribution is -2.10. The van der Waals surface area contributed by atoms with Crippen molar-refractivity contribution in [3.05, 3.63) is 38.4 Å². The number of alkyl halides is 1. The number of carbonyl (C=O) groups excluding carboxylic acids is 1. The van der Waals surface area contributed by atoms with Crippen LogP contribution in [0.25, 0.3) is 0 Å². The van der Waals surface area contributed by atoms with Crippen LogP contribution in [0.5, 0.6) is 5.75 Å². The summed E-state index contributed by atoms with van der Waals surface area (Å²) in [5, 5.41) is 20.9. The zero-order valence-electron chi connectivity index (χ0n) is 8.16. The molecule has 0 heterocycles. The molecule has 9 heteroatoms. The molecule has 0 saturated carbocycles. The fourth-order valence-corrected chi connectivity index (χ4v) is 1.11. The van der Waals surface area contributed by atoms with E-state index in [4.69, 9.17) is 0 Å². The van der Waals surface area contributed by atoms with Gasteiger partial charge in [0.1, 0.15) is 5.33 Å². The van der Waals surface area contributed by atoms with E-state index in [9.17, 15) is 25.0 Å². The van der Waals surface area contributed by atoms with Gasteiger partial charge in [-0.1, -0.05) is 15.9 Å². The van der Waals surface area contributed by atoms with Crippen molar-refractivity contribution in [3.8, 4) is 5.75 Å². The third kappa shape index (κ3) is 3.21. The summed E-state index contributed by atoms with van der Waals surface area (Å²) in [6.07, 6.45) is 0. The zero-order chi connectivity index (χ0) is 13.0. The van der Waals surface area contributed by atoms with E-state index in [0.717, 1.165) is 18.2 Å². The van der Waals surface area contributed by atoms with E-state index in [1.165, 1.54) is 0 Å². The van der Waals surface area contributed by atoms with Crippen molar-refractivity contribution in [2.45, 2.75) is 0 Å². The number of rotatable bonds is 4. The average Bonchev–Trinajstić information content (AvgIpc) is 2.28. The molecule has 8 nitrogen and oxygen atoms in total. The van der Waals surface area contributed by atoms with E-state index in [0.29, 0.717) is 0 Å². The second-order valence-electron chi connectivity index (χ2n) is 2.77. The van der Waals surface area contributed by atoms with Gasteiger partial charge in [-0.15, -0.1) is 0 Å². The molecule has 0 amide bonds. The number of non-ortho nitro benzene ring substituents is 1. The van der Waals surface area contributed by atoms with Gasteiger partial charge in [-0.25, -0.2) is 0 Å². The first-order chi connectivity index (χ1) is 7.95. The van der Waals surface area contributed by atoms with Gasteiger partial charge >= 0.3 is 11.7 Å². The molecule has 0 fully saturated rings. The number of nitro groups is 2. The lowest BCUT2D eigenvalue weighted by Gasteiger charge is -2.02. The summed E-state index contributed by atoms with van der Waals surface area (Å²) in [6, 6.07) is 2.76. The smallest absolute Gasteiger partial charge is 0.322 e. The molecule has 0 aromatic heterocycles. The van der Waals surface area contributed by atoms with Crippen LogP contribution in [0.3, 0.4) is 0 Å². The number of halogens is 1. The number of hydrogen-bond acceptors (Lipinski definition) is 6. The van der Waals surface area contributed by atoms with Gasteiger partial charge in [-0.05, 0) is 6.07 Å². The first-order valence-electron chi connectivity index (χ1n) is 4.15. The molecule has 0 aliphatic rings. The summed E-state index contributed by atoms with van der Waals surface area (Å²) in [6.45, 7) is 0. The van der Waals surface area contributed by atoms with Crippen molar-refractivity contribution in [2.75, 3.05) is 5.33 Å². The van der Waals surface area contributed by atoms with Crippen LogP contribution in [0.1, 0.15) is 0 Å². The number of nitrogens with zero attached hydrogens (tertiary/aromatic N) is 2. The van der Waals surface area contributed by atoms with Crippen LogP contribution in [0, 0.1) is 20.2 Å². The normalized spacial score (nSPS) is 9.71. The number of esters is 1. The highest BCUT2D eigenvalue weighted by atomic mass is 79.9. The molecule has 1 rings (SSSR count). The van der Waals surface area contributed by atoms with E-state index in [-0.39, 0.29) is 11.1 Å². The van der Waals surface area contributed by atoms with Gasteiger partial charge in [0.2, 0.25) is 5.75 Å². The minimum absolute atomic E-state index is 0.138. The van der Waals surface area contributed by atoms with Crippen LogP contribution in [0.4, 0.5) is 11.4 Å². The topological polar surface area (TPSA) is 113 Å². The Morgan fingerprint density at radius 3 is 2.41 bits per heavy atom. The number of nitro benzene ring substituents is 2. The Morgan fingerprint density at radius 2 is 1.94 bits per heavy atom. The molecule has 1 aromatic carbocycles. The quantitative estimate of drug-likeness (QED) is 0.275. The number of ether oxygens (including phenoxy) is 1. The Balaban J connectivity index is 3.17. The highest BCUT2D eigenvalue weighted by molar-refractivity contribution is 9.09. The lowest BCUT2D eigenvalue weighted by atomic mass is 10.2. The largest absolute Gasteiger partial charge is 0.419 e. The monoisotopic (exact) mass is 304 g/mol. The maximum atomic E-state index is 10.9. The molecule has 90 valence electrons. The summed E-state index contributed by atoms with van der Waals surface area (Å²) in [7, 11) is 0. The fourth-order valence-electron chi connectivity index (χ4n) is 0.998. The number of benzene rings is 1. The molecular weight excluding hydrogens is 300 g/mol. The Bertz CT molecular complexity index is 489. The number of hydrogen-bond donors (Lipinski definition) is 0. The Kier molecular flexibility index (Phi) is 4.10. The first-order valence-corrected chi connectivity index (χ1v) is 5.27. The van der Waals surface area contributed by atoms with Crippen LogP contribution in [0.15, 0.2) is 18.2 Å². The van der Waals surface area contributed by atoms with Crippen LogP contribution in [0.2, 0.25) is 0 Å². The predicted octanol–water partition coefficient (Wildman–Crippen LogP) is 1.80. The zero-order valence-corrected chi connectivity index (χ0v) is 9.75. The van der Waals surface area contributed by atoms with Gasteiger partial charge in [-0.3, -0.25) is 25.0 Å². The van der Waals surface area contributed by atoms with Crippen molar-refractivity contribution < 1.29 is 19.4 Å². The maximum Gasteiger partial charge on any atom is 0.322 e. The van der Waals surface area contributed by atoms with E-state index >= 15 is 0 Å². The summed E-state index contributed by atoms with van der Waals surface area (Å²) >= 11 is 2.82. The SMILES string of the molecule is O=C(CBr)Oc1ccc([N+](=O)[O-])cc1[N+](=O)[O-]. The van der Waals surface area contributed by atoms with E-state index < -0.39 is 27.2 Å². The van der Waals surface area contributed by atoms with Crippen molar-refractivity contribution in [3.63, 3.8) is 0 Å². The minimum atomic E-state index is -0.857. The standard InChI is InChI=1S/C8H5BrN2O6/c9-4-8(12)17-7-2-1-5(10(13)14)3-6(7)11(15)16/h1-3H,4H2. The molecule has 0 unspecified atom stereocenters. The summed E-state index contributed by atoms with van der Waals surface area (Å²) in [5.41, 5.74) is -1.08. The first kappa shape index (κ1) is 13.0. The Hall–Kier alpha value is -2.03. The third-order valence-corrected chi connectivity index (χ3v) is 2.14. The molecule has 0 bridgehead atoms. The highest BCUT2D eigenvalue weighted by Crippen LogP contribution is 2.31. The Labute approximate surface area is 103 Å². The van der Waals surface area contributed by atoms with Gasteiger partial charge in [0, 0.05) is 6.07 Å². The minimum Gasteiger partial charge on any atom is -0.419 e. The summed E-state index contributed by atoms with van der Waals surface area (Å²) in [5.74, 6) is -1.06. The highest BCUT2D eigenvalue weighted by Gasteiger charge is 2.22. The van der Waals surface area contributed by atoms with Gasteiger partial charge < -0.3 is 4.74 Å². The van der Waals surface area contributed by atoms with E-state index in [1.54, 1.807) is 0 Å². The lowest BCUT2D eigenvalue weighted by molar-refractivity contribution is -0.394. The molecule has 0 N–H and O–H groups in total. The molecule has 1 aromatic rings. The third-order valence-electron chi connectivity index (χ3n) is 1.68. The molecule has 0 saturated heterocycles. The molecule has 0 atom stereocenters. The molecule has 0 aliphatic heterocycles. The van der Waals surface area contributed by atoms with Gasteiger partial charge in [0.05, 0.1) is 15.9 Å². The summed E-state index contributed by atoms with van der Waals surface area (Å²) < 4.78 is 4.64. The van der Waals surface area contributed by atoms with E-state index in [1.807, 2.05) is 0 Å². The van der Waals surface area contributed by atoms with Crippen molar-refractivity contribution in [2.24, 2.45) is 0 Å². The van der Waals surface area contributed by atoms with Crippen LogP contribution in [-0.2, 0) is 4.79 Å². The fraction of sp³-hybridized carbons (Fsp3) is 0.125. The maximum absolute atomic E-state index is 10.9. The Morgan fingerprint density at radius 1 is 1.29 bits per heavy atom. The van der Waals surface area contributed by atoms with Crippen molar-refractivity contribution >= 4 is 33.3 Å². The second kappa shape index (κ2) is 5.34.